The van der Waals surface area contributed by atoms with Crippen molar-refractivity contribution in [3.05, 3.63) is 0 Å². The molecular weight excluding hydrogens is 232 g/mol. The molecule has 0 aromatic carbocycles. The molecule has 1 atom stereocenters. The van der Waals surface area contributed by atoms with Crippen molar-refractivity contribution < 1.29 is 19.1 Å². The number of esters is 1. The Hall–Kier alpha value is -1.19. The van der Waals surface area contributed by atoms with Gasteiger partial charge < -0.3 is 4.74 Å². The molecule has 0 amide bonds. The molecule has 0 aromatic heterocycles. The maximum atomic E-state index is 12.3. The second-order valence-electron chi connectivity index (χ2n) is 5.44. The van der Waals surface area contributed by atoms with Gasteiger partial charge in [0.15, 0.2) is 0 Å². The summed E-state index contributed by atoms with van der Waals surface area (Å²) in [6.45, 7) is 3.28. The molecule has 0 saturated heterocycles. The summed E-state index contributed by atoms with van der Waals surface area (Å²) in [6.07, 6.45) is 4.96. The van der Waals surface area contributed by atoms with Crippen LogP contribution in [0.2, 0.25) is 0 Å². The van der Waals surface area contributed by atoms with Gasteiger partial charge >= 0.3 is 5.97 Å². The Morgan fingerprint density at radius 1 is 1.17 bits per heavy atom. The van der Waals surface area contributed by atoms with E-state index in [0.29, 0.717) is 0 Å². The fraction of sp³-hybridized carbons (Fsp3) is 0.786. The van der Waals surface area contributed by atoms with E-state index in [4.69, 9.17) is 0 Å². The molecular formula is C14H22O4. The van der Waals surface area contributed by atoms with Gasteiger partial charge in [-0.15, -0.1) is 0 Å². The van der Waals surface area contributed by atoms with E-state index in [-0.39, 0.29) is 23.4 Å². The number of carbonyl (C=O) groups is 3. The van der Waals surface area contributed by atoms with E-state index in [2.05, 4.69) is 4.74 Å². The van der Waals surface area contributed by atoms with E-state index in [1.165, 1.54) is 14.0 Å². The largest absolute Gasteiger partial charge is 0.468 e. The molecule has 0 spiro atoms. The number of methoxy groups -OCH3 is 1. The minimum absolute atomic E-state index is 0.0154. The zero-order valence-electron chi connectivity index (χ0n) is 11.5. The number of hydrogen-bond donors (Lipinski definition) is 0. The number of rotatable bonds is 5. The third kappa shape index (κ3) is 3.40. The number of carbonyl (C=O) groups excluding carboxylic acids is 3. The summed E-state index contributed by atoms with van der Waals surface area (Å²) < 4.78 is 4.58. The lowest BCUT2D eigenvalue weighted by atomic mass is 9.70. The molecule has 0 N–H and O–H groups in total. The van der Waals surface area contributed by atoms with Crippen LogP contribution in [0.15, 0.2) is 0 Å². The second kappa shape index (κ2) is 6.12. The van der Waals surface area contributed by atoms with Crippen LogP contribution in [0.25, 0.3) is 0 Å². The van der Waals surface area contributed by atoms with Gasteiger partial charge in [-0.1, -0.05) is 26.2 Å². The van der Waals surface area contributed by atoms with Gasteiger partial charge in [0.2, 0.25) is 0 Å². The maximum absolute atomic E-state index is 12.3. The van der Waals surface area contributed by atoms with Crippen molar-refractivity contribution >= 4 is 17.5 Å². The summed E-state index contributed by atoms with van der Waals surface area (Å²) in [6, 6.07) is 0. The van der Waals surface area contributed by atoms with E-state index < -0.39 is 11.9 Å². The van der Waals surface area contributed by atoms with Crippen LogP contribution in [0.3, 0.4) is 0 Å². The zero-order valence-corrected chi connectivity index (χ0v) is 11.5. The Kier molecular flexibility index (Phi) is 5.05. The van der Waals surface area contributed by atoms with Gasteiger partial charge in [-0.25, -0.2) is 0 Å². The second-order valence-corrected chi connectivity index (χ2v) is 5.44. The van der Waals surface area contributed by atoms with Crippen LogP contribution in [0.5, 0.6) is 0 Å². The van der Waals surface area contributed by atoms with Gasteiger partial charge in [0.1, 0.15) is 17.5 Å². The quantitative estimate of drug-likeness (QED) is 0.558. The number of ketones is 2. The highest BCUT2D eigenvalue weighted by atomic mass is 16.5. The molecule has 18 heavy (non-hydrogen) atoms. The molecule has 0 heterocycles. The van der Waals surface area contributed by atoms with Crippen LogP contribution in [-0.2, 0) is 19.1 Å². The average Bonchev–Trinajstić information content (AvgIpc) is 2.35. The SMILES string of the molecule is COC(=O)C(CC(=O)C1(C)CCCCC1)C(C)=O. The first-order valence-electron chi connectivity index (χ1n) is 6.52. The molecule has 1 aliphatic carbocycles. The van der Waals surface area contributed by atoms with Crippen molar-refractivity contribution in [1.82, 2.24) is 0 Å². The molecule has 1 fully saturated rings. The molecule has 4 nitrogen and oxygen atoms in total. The normalized spacial score (nSPS) is 19.9. The Balaban J connectivity index is 2.71. The van der Waals surface area contributed by atoms with Gasteiger partial charge in [0, 0.05) is 11.8 Å². The third-order valence-electron chi connectivity index (χ3n) is 4.00. The molecule has 1 aliphatic rings. The average molecular weight is 254 g/mol. The molecule has 1 rings (SSSR count). The summed E-state index contributed by atoms with van der Waals surface area (Å²) in [5, 5.41) is 0. The van der Waals surface area contributed by atoms with Gasteiger partial charge in [-0.05, 0) is 19.8 Å². The highest BCUT2D eigenvalue weighted by molar-refractivity contribution is 6.02. The number of hydrogen-bond acceptors (Lipinski definition) is 4. The smallest absolute Gasteiger partial charge is 0.316 e. The third-order valence-corrected chi connectivity index (χ3v) is 4.00. The Labute approximate surface area is 108 Å². The van der Waals surface area contributed by atoms with Crippen molar-refractivity contribution in [3.63, 3.8) is 0 Å². The molecule has 0 aromatic rings. The first-order chi connectivity index (χ1) is 8.40. The van der Waals surface area contributed by atoms with Crippen LogP contribution in [0.4, 0.5) is 0 Å². The Morgan fingerprint density at radius 3 is 2.17 bits per heavy atom. The first-order valence-corrected chi connectivity index (χ1v) is 6.52. The van der Waals surface area contributed by atoms with Crippen molar-refractivity contribution in [3.8, 4) is 0 Å². The lowest BCUT2D eigenvalue weighted by Crippen LogP contribution is -2.35. The fourth-order valence-electron chi connectivity index (χ4n) is 2.58. The lowest BCUT2D eigenvalue weighted by Gasteiger charge is -2.32. The maximum Gasteiger partial charge on any atom is 0.316 e. The summed E-state index contributed by atoms with van der Waals surface area (Å²) in [4.78, 5) is 35.2. The zero-order chi connectivity index (χ0) is 13.8. The van der Waals surface area contributed by atoms with Gasteiger partial charge in [-0.3, -0.25) is 14.4 Å². The van der Waals surface area contributed by atoms with E-state index in [9.17, 15) is 14.4 Å². The van der Waals surface area contributed by atoms with Gasteiger partial charge in [-0.2, -0.15) is 0 Å². The summed E-state index contributed by atoms with van der Waals surface area (Å²) in [5.74, 6) is -1.81. The van der Waals surface area contributed by atoms with E-state index in [1.54, 1.807) is 0 Å². The van der Waals surface area contributed by atoms with Crippen molar-refractivity contribution in [1.29, 1.82) is 0 Å². The predicted octanol–water partition coefficient (Wildman–Crippen LogP) is 2.29. The van der Waals surface area contributed by atoms with E-state index >= 15 is 0 Å². The van der Waals surface area contributed by atoms with Crippen LogP contribution in [-0.4, -0.2) is 24.6 Å². The van der Waals surface area contributed by atoms with Crippen LogP contribution in [0.1, 0.15) is 52.4 Å². The Morgan fingerprint density at radius 2 is 1.72 bits per heavy atom. The summed E-state index contributed by atoms with van der Waals surface area (Å²) >= 11 is 0. The highest BCUT2D eigenvalue weighted by Crippen LogP contribution is 2.38. The minimum atomic E-state index is -0.929. The molecule has 102 valence electrons. The number of Topliss-reactive ketones (excluding diaryl/α,β-unsaturated/α-hetero) is 2. The lowest BCUT2D eigenvalue weighted by molar-refractivity contribution is -0.152. The van der Waals surface area contributed by atoms with E-state index in [1.807, 2.05) is 6.92 Å². The van der Waals surface area contributed by atoms with Crippen LogP contribution in [0, 0.1) is 11.3 Å². The fourth-order valence-corrected chi connectivity index (χ4v) is 2.58. The number of ether oxygens (including phenoxy) is 1. The molecule has 0 radical (unpaired) electrons. The monoisotopic (exact) mass is 254 g/mol. The predicted molar refractivity (Wildman–Crippen MR) is 67.0 cm³/mol. The first kappa shape index (κ1) is 14.9. The molecule has 0 aliphatic heterocycles. The standard InChI is InChI=1S/C14H22O4/c1-10(15)11(13(17)18-3)9-12(16)14(2)7-5-4-6-8-14/h11H,4-9H2,1-3H3. The molecule has 0 bridgehead atoms. The minimum Gasteiger partial charge on any atom is -0.468 e. The highest BCUT2D eigenvalue weighted by Gasteiger charge is 2.38. The van der Waals surface area contributed by atoms with Crippen LogP contribution >= 0.6 is 0 Å². The molecule has 4 heteroatoms. The Bertz CT molecular complexity index is 340. The van der Waals surface area contributed by atoms with E-state index in [0.717, 1.165) is 32.1 Å². The van der Waals surface area contributed by atoms with Crippen molar-refractivity contribution in [2.24, 2.45) is 11.3 Å². The summed E-state index contributed by atoms with van der Waals surface area (Å²) in [7, 11) is 1.24. The summed E-state index contributed by atoms with van der Waals surface area (Å²) in [5.41, 5.74) is -0.361. The van der Waals surface area contributed by atoms with Gasteiger partial charge in [0.25, 0.3) is 0 Å². The van der Waals surface area contributed by atoms with Gasteiger partial charge in [0.05, 0.1) is 7.11 Å². The topological polar surface area (TPSA) is 60.4 Å². The van der Waals surface area contributed by atoms with Crippen molar-refractivity contribution in [2.45, 2.75) is 52.4 Å². The van der Waals surface area contributed by atoms with Crippen molar-refractivity contribution in [2.75, 3.05) is 7.11 Å². The molecule has 1 unspecified atom stereocenters. The van der Waals surface area contributed by atoms with Crippen LogP contribution < -0.4 is 0 Å². The molecule has 1 saturated carbocycles.